The third-order valence-corrected chi connectivity index (χ3v) is 6.73. The fraction of sp³-hybridized carbons (Fsp3) is 0.115. The lowest BCUT2D eigenvalue weighted by atomic mass is 9.77. The molecule has 1 heterocycles. The first kappa shape index (κ1) is 24.0. The molecule has 0 saturated carbocycles. The van der Waals surface area contributed by atoms with Gasteiger partial charge in [-0.2, -0.15) is 5.26 Å². The smallest absolute Gasteiger partial charge is 0.327 e. The van der Waals surface area contributed by atoms with Gasteiger partial charge in [0.1, 0.15) is 5.54 Å². The Morgan fingerprint density at radius 3 is 1.89 bits per heavy atom. The second-order valence-corrected chi connectivity index (χ2v) is 8.85. The Balaban J connectivity index is 1.99. The second kappa shape index (κ2) is 10.9. The van der Waals surface area contributed by atoms with Gasteiger partial charge in [0, 0.05) is 16.1 Å². The van der Waals surface area contributed by atoms with E-state index in [0.717, 1.165) is 16.7 Å². The number of benzene rings is 3. The van der Waals surface area contributed by atoms with Gasteiger partial charge in [0.05, 0.1) is 11.8 Å². The summed E-state index contributed by atoms with van der Waals surface area (Å²) in [5.74, 6) is -2.78. The number of nitrogens with one attached hydrogen (secondary N) is 1. The van der Waals surface area contributed by atoms with E-state index in [1.807, 2.05) is 91.0 Å². The standard InChI is InChI=1S/C26H21FN4O3S/c27-18-34-31-35-17-23(22(16-28)24(32)33)29-25(35)30-26(19-10-4-1-5-11-19,20-12-6-2-7-13-20)21-14-8-3-9-15-21/h1-15,17,22H,18H2,(H,29,30)(H,32,33). The molecule has 4 rings (SSSR count). The van der Waals surface area contributed by atoms with Gasteiger partial charge in [-0.25, -0.2) is 14.2 Å². The van der Waals surface area contributed by atoms with Crippen molar-refractivity contribution in [1.82, 2.24) is 5.32 Å². The minimum atomic E-state index is -1.46. The number of aliphatic imine (C=N–C) groups is 1. The Labute approximate surface area is 204 Å². The van der Waals surface area contributed by atoms with Gasteiger partial charge < -0.3 is 10.4 Å². The summed E-state index contributed by atoms with van der Waals surface area (Å²) in [6, 6.07) is 30.7. The number of aliphatic carboxylic acids is 1. The van der Waals surface area contributed by atoms with Gasteiger partial charge in [-0.3, -0.25) is 4.79 Å². The largest absolute Gasteiger partial charge is 0.480 e. The molecular formula is C26H21FN4O3S. The normalized spacial score (nSPS) is 17.4. The van der Waals surface area contributed by atoms with Gasteiger partial charge in [-0.05, 0) is 16.7 Å². The van der Waals surface area contributed by atoms with Crippen molar-refractivity contribution in [2.75, 3.05) is 6.86 Å². The van der Waals surface area contributed by atoms with E-state index in [2.05, 4.69) is 14.7 Å². The Kier molecular flexibility index (Phi) is 7.45. The molecule has 3 aromatic rings. The predicted molar refractivity (Wildman–Crippen MR) is 131 cm³/mol. The van der Waals surface area contributed by atoms with E-state index in [-0.39, 0.29) is 10.9 Å². The summed E-state index contributed by atoms with van der Waals surface area (Å²) in [5, 5.41) is 23.6. The van der Waals surface area contributed by atoms with Gasteiger partial charge in [0.25, 0.3) is 0 Å². The van der Waals surface area contributed by atoms with Crippen LogP contribution in [0.5, 0.6) is 0 Å². The molecule has 0 amide bonds. The fourth-order valence-corrected chi connectivity index (χ4v) is 5.14. The molecule has 2 unspecified atom stereocenters. The minimum Gasteiger partial charge on any atom is -0.480 e. The SMILES string of the molecule is N#CC(C(=O)O)C1=C/S(=N/OCF)C(=NC(c2ccccc2)(c2ccccc2)c2ccccc2)N1. The maximum Gasteiger partial charge on any atom is 0.327 e. The number of alkyl halides is 1. The van der Waals surface area contributed by atoms with Crippen LogP contribution in [-0.2, 0) is 25.9 Å². The summed E-state index contributed by atoms with van der Waals surface area (Å²) in [5.41, 5.74) is 1.61. The summed E-state index contributed by atoms with van der Waals surface area (Å²) in [6.07, 6.45) is 0. The van der Waals surface area contributed by atoms with Gasteiger partial charge in [0.2, 0.25) is 6.86 Å². The number of nitriles is 1. The molecular weight excluding hydrogens is 467 g/mol. The molecule has 0 radical (unpaired) electrons. The number of amidine groups is 1. The zero-order valence-corrected chi connectivity index (χ0v) is 19.2. The first-order chi connectivity index (χ1) is 17.1. The second-order valence-electron chi connectivity index (χ2n) is 7.45. The van der Waals surface area contributed by atoms with E-state index in [1.165, 1.54) is 5.41 Å². The van der Waals surface area contributed by atoms with Gasteiger partial charge in [-0.15, -0.1) is 0 Å². The lowest BCUT2D eigenvalue weighted by Gasteiger charge is -2.32. The average molecular weight is 489 g/mol. The molecule has 0 saturated heterocycles. The molecule has 0 aliphatic carbocycles. The van der Waals surface area contributed by atoms with Crippen LogP contribution in [0.4, 0.5) is 4.39 Å². The maximum absolute atomic E-state index is 12.8. The molecule has 0 aromatic heterocycles. The highest BCUT2D eigenvalue weighted by atomic mass is 32.2. The molecule has 0 bridgehead atoms. The zero-order valence-electron chi connectivity index (χ0n) is 18.4. The van der Waals surface area contributed by atoms with E-state index in [0.29, 0.717) is 0 Å². The molecule has 2 N–H and O–H groups in total. The molecule has 7 nitrogen and oxygen atoms in total. The Bertz CT molecular complexity index is 1230. The highest BCUT2D eigenvalue weighted by Gasteiger charge is 2.39. The number of carboxylic acid groups (broad SMARTS) is 1. The number of carbonyl (C=O) groups is 1. The van der Waals surface area contributed by atoms with Crippen LogP contribution < -0.4 is 5.32 Å². The van der Waals surface area contributed by atoms with Crippen LogP contribution in [0.15, 0.2) is 112 Å². The molecule has 3 aromatic carbocycles. The van der Waals surface area contributed by atoms with Crippen LogP contribution >= 0.6 is 0 Å². The maximum atomic E-state index is 12.8. The Morgan fingerprint density at radius 1 is 1.00 bits per heavy atom. The zero-order chi connectivity index (χ0) is 24.7. The molecule has 35 heavy (non-hydrogen) atoms. The van der Waals surface area contributed by atoms with Crippen molar-refractivity contribution in [2.24, 2.45) is 15.4 Å². The van der Waals surface area contributed by atoms with Crippen molar-refractivity contribution < 1.29 is 19.1 Å². The number of nitrogens with zero attached hydrogens (tertiary/aromatic N) is 3. The lowest BCUT2D eigenvalue weighted by molar-refractivity contribution is -0.138. The molecule has 1 aliphatic heterocycles. The number of carboxylic acids is 1. The average Bonchev–Trinajstić information content (AvgIpc) is 3.29. The molecule has 176 valence electrons. The third kappa shape index (κ3) is 4.89. The van der Waals surface area contributed by atoms with Crippen molar-refractivity contribution in [3.05, 3.63) is 119 Å². The van der Waals surface area contributed by atoms with Crippen LogP contribution in [0.2, 0.25) is 0 Å². The van der Waals surface area contributed by atoms with E-state index < -0.39 is 35.0 Å². The molecule has 0 fully saturated rings. The van der Waals surface area contributed by atoms with Crippen LogP contribution in [0, 0.1) is 17.2 Å². The molecule has 9 heteroatoms. The van der Waals surface area contributed by atoms with Gasteiger partial charge >= 0.3 is 5.97 Å². The first-order valence-corrected chi connectivity index (χ1v) is 11.8. The van der Waals surface area contributed by atoms with Crippen molar-refractivity contribution in [3.63, 3.8) is 0 Å². The summed E-state index contributed by atoms with van der Waals surface area (Å²) < 4.78 is 16.7. The van der Waals surface area contributed by atoms with E-state index in [4.69, 9.17) is 4.99 Å². The molecule has 2 atom stereocenters. The number of halogens is 1. The predicted octanol–water partition coefficient (Wildman–Crippen LogP) is 4.66. The highest BCUT2D eigenvalue weighted by Crippen LogP contribution is 2.41. The van der Waals surface area contributed by atoms with Crippen molar-refractivity contribution in [1.29, 1.82) is 5.26 Å². The van der Waals surface area contributed by atoms with Crippen molar-refractivity contribution in [2.45, 2.75) is 5.54 Å². The molecule has 0 spiro atoms. The Hall–Kier alpha value is -4.13. The fourth-order valence-electron chi connectivity index (χ4n) is 3.87. The lowest BCUT2D eigenvalue weighted by Crippen LogP contribution is -2.33. The number of hydrogen-bond donors (Lipinski definition) is 2. The first-order valence-electron chi connectivity index (χ1n) is 10.6. The van der Waals surface area contributed by atoms with E-state index in [9.17, 15) is 19.6 Å². The van der Waals surface area contributed by atoms with Gasteiger partial charge in [-0.1, -0.05) is 95.5 Å². The summed E-state index contributed by atoms with van der Waals surface area (Å²) >= 11 is 0. The van der Waals surface area contributed by atoms with Crippen molar-refractivity contribution in [3.8, 4) is 6.07 Å². The topological polar surface area (TPSA) is 107 Å². The number of rotatable bonds is 8. The Morgan fingerprint density at radius 2 is 1.49 bits per heavy atom. The quantitative estimate of drug-likeness (QED) is 0.354. The van der Waals surface area contributed by atoms with E-state index in [1.54, 1.807) is 6.07 Å². The highest BCUT2D eigenvalue weighted by molar-refractivity contribution is 8.05. The van der Waals surface area contributed by atoms with Gasteiger partial charge in [0.15, 0.2) is 11.1 Å². The van der Waals surface area contributed by atoms with Crippen LogP contribution in [-0.4, -0.2) is 23.1 Å². The summed E-state index contributed by atoms with van der Waals surface area (Å²) in [4.78, 5) is 21.5. The number of hydrogen-bond acceptors (Lipinski definition) is 5. The monoisotopic (exact) mass is 488 g/mol. The van der Waals surface area contributed by atoms with E-state index >= 15 is 0 Å². The molecule has 1 aliphatic rings. The third-order valence-electron chi connectivity index (χ3n) is 5.40. The van der Waals surface area contributed by atoms with Crippen LogP contribution in [0.1, 0.15) is 16.7 Å². The van der Waals surface area contributed by atoms with Crippen LogP contribution in [0.3, 0.4) is 0 Å². The van der Waals surface area contributed by atoms with Crippen LogP contribution in [0.25, 0.3) is 0 Å². The summed E-state index contributed by atoms with van der Waals surface area (Å²) in [7, 11) is -1.28. The summed E-state index contributed by atoms with van der Waals surface area (Å²) in [6.45, 7) is -1.15. The van der Waals surface area contributed by atoms with Crippen molar-refractivity contribution >= 4 is 21.8 Å². The minimum absolute atomic E-state index is 0.108.